The number of ketones is 2. The highest BCUT2D eigenvalue weighted by Gasteiger charge is 2.64. The topological polar surface area (TPSA) is 177 Å². The summed E-state index contributed by atoms with van der Waals surface area (Å²) in [6, 6.07) is 3.02. The fourth-order valence-corrected chi connectivity index (χ4v) is 6.14. The maximum absolute atomic E-state index is 13.6. The third kappa shape index (κ3) is 3.16. The Morgan fingerprint density at radius 2 is 1.69 bits per heavy atom. The lowest BCUT2D eigenvalue weighted by molar-refractivity contribution is -0.174. The van der Waals surface area contributed by atoms with Crippen molar-refractivity contribution in [1.82, 2.24) is 0 Å². The molecule has 4 aliphatic rings. The summed E-state index contributed by atoms with van der Waals surface area (Å²) in [7, 11) is -0.788. The van der Waals surface area contributed by atoms with Gasteiger partial charge in [0, 0.05) is 11.5 Å². The van der Waals surface area contributed by atoms with Crippen molar-refractivity contribution in [2.75, 3.05) is 0 Å². The second-order valence-corrected chi connectivity index (χ2v) is 11.4. The monoisotopic (exact) mass is 499 g/mol. The van der Waals surface area contributed by atoms with Gasteiger partial charge in [0.1, 0.15) is 17.4 Å². The first-order valence-corrected chi connectivity index (χ1v) is 12.0. The number of primary amides is 1. The highest BCUT2D eigenvalue weighted by Crippen LogP contribution is 2.51. The van der Waals surface area contributed by atoms with Gasteiger partial charge in [0.15, 0.2) is 11.4 Å². The standard InChI is InChI=1S/C25H30BNO9/c1-23(2)24(3,4)36-26(35-23)13-5-6-14(28)17-12(13)8-10-7-11-9-15(29)18(22(27)33)21(32)25(11,34)20(31)16(10)19(17)30/h5-6,10-11,15,18,28-30,34H,7-9H2,1-4H3,(H2,27,33)/t10-,11+,15?,18?,25+/m1/s1. The number of hydrogen-bond donors (Lipinski definition) is 5. The van der Waals surface area contributed by atoms with E-state index in [4.69, 9.17) is 15.0 Å². The van der Waals surface area contributed by atoms with E-state index in [1.54, 1.807) is 6.07 Å². The van der Waals surface area contributed by atoms with Crippen LogP contribution >= 0.6 is 0 Å². The zero-order valence-electron chi connectivity index (χ0n) is 20.6. The molecule has 0 spiro atoms. The molecule has 1 amide bonds. The summed E-state index contributed by atoms with van der Waals surface area (Å²) in [5.74, 6) is -7.45. The molecule has 36 heavy (non-hydrogen) atoms. The first-order chi connectivity index (χ1) is 16.6. The minimum absolute atomic E-state index is 0.0126. The SMILES string of the molecule is CC1(C)OB(c2ccc(O)c3c2C[C@H]2C[C@H]4CC(O)C(C(N)=O)C(=O)[C@@]4(O)C(=O)C2=C3O)OC1(C)C. The van der Waals surface area contributed by atoms with Crippen molar-refractivity contribution < 1.29 is 44.1 Å². The smallest absolute Gasteiger partial charge is 0.495 e. The molecule has 0 aromatic heterocycles. The summed E-state index contributed by atoms with van der Waals surface area (Å²) in [6.45, 7) is 7.61. The molecule has 5 rings (SSSR count). The van der Waals surface area contributed by atoms with Crippen LogP contribution in [0.1, 0.15) is 51.7 Å². The third-order valence-electron chi connectivity index (χ3n) is 8.81. The van der Waals surface area contributed by atoms with Crippen molar-refractivity contribution in [3.8, 4) is 5.75 Å². The molecule has 6 N–H and O–H groups in total. The highest BCUT2D eigenvalue weighted by molar-refractivity contribution is 6.62. The Bertz CT molecular complexity index is 1220. The van der Waals surface area contributed by atoms with Crippen LogP contribution in [0.4, 0.5) is 0 Å². The molecule has 5 atom stereocenters. The van der Waals surface area contributed by atoms with E-state index in [0.717, 1.165) is 0 Å². The minimum Gasteiger partial charge on any atom is -0.507 e. The van der Waals surface area contributed by atoms with Crippen molar-refractivity contribution in [3.05, 3.63) is 28.8 Å². The van der Waals surface area contributed by atoms with E-state index in [2.05, 4.69) is 0 Å². The number of hydrogen-bond acceptors (Lipinski definition) is 9. The lowest BCUT2D eigenvalue weighted by atomic mass is 9.55. The number of amides is 1. The lowest BCUT2D eigenvalue weighted by Gasteiger charge is -2.48. The normalized spacial score (nSPS) is 34.8. The molecular weight excluding hydrogens is 469 g/mol. The predicted octanol–water partition coefficient (Wildman–Crippen LogP) is -0.112. The highest BCUT2D eigenvalue weighted by atomic mass is 16.7. The van der Waals surface area contributed by atoms with E-state index in [9.17, 15) is 34.8 Å². The van der Waals surface area contributed by atoms with E-state index >= 15 is 0 Å². The van der Waals surface area contributed by atoms with Gasteiger partial charge in [-0.3, -0.25) is 14.4 Å². The fourth-order valence-electron chi connectivity index (χ4n) is 6.14. The number of aliphatic hydroxyl groups excluding tert-OH is 2. The summed E-state index contributed by atoms with van der Waals surface area (Å²) >= 11 is 0. The van der Waals surface area contributed by atoms with Crippen molar-refractivity contribution >= 4 is 35.8 Å². The van der Waals surface area contributed by atoms with Crippen LogP contribution < -0.4 is 11.2 Å². The van der Waals surface area contributed by atoms with E-state index in [1.165, 1.54) is 6.07 Å². The number of phenols is 1. The van der Waals surface area contributed by atoms with Crippen LogP contribution in [0.5, 0.6) is 5.75 Å². The Hall–Kier alpha value is -2.73. The van der Waals surface area contributed by atoms with Crippen LogP contribution in [-0.2, 0) is 30.1 Å². The Labute approximate surface area is 208 Å². The quantitative estimate of drug-likeness (QED) is 0.274. The largest absolute Gasteiger partial charge is 0.507 e. The number of carbonyl (C=O) groups is 3. The second-order valence-electron chi connectivity index (χ2n) is 11.4. The number of fused-ring (bicyclic) bond motifs is 3. The molecule has 0 radical (unpaired) electrons. The molecule has 2 saturated carbocycles. The molecule has 1 aromatic rings. The number of Topliss-reactive ketones (excluding diaryl/α,β-unsaturated/α-hetero) is 2. The van der Waals surface area contributed by atoms with Crippen molar-refractivity contribution in [3.63, 3.8) is 0 Å². The first-order valence-electron chi connectivity index (χ1n) is 12.0. The average Bonchev–Trinajstić information content (AvgIpc) is 2.97. The molecule has 10 nitrogen and oxygen atoms in total. The van der Waals surface area contributed by atoms with Crippen LogP contribution in [0.15, 0.2) is 17.7 Å². The molecule has 2 unspecified atom stereocenters. The van der Waals surface area contributed by atoms with Gasteiger partial charge in [0.25, 0.3) is 0 Å². The van der Waals surface area contributed by atoms with Gasteiger partial charge in [-0.1, -0.05) is 6.07 Å². The molecule has 1 aromatic carbocycles. The number of aromatic hydroxyl groups is 1. The molecule has 1 heterocycles. The zero-order chi connectivity index (χ0) is 26.5. The maximum Gasteiger partial charge on any atom is 0.495 e. The van der Waals surface area contributed by atoms with Gasteiger partial charge in [-0.15, -0.1) is 0 Å². The van der Waals surface area contributed by atoms with Gasteiger partial charge in [0.05, 0.1) is 22.9 Å². The third-order valence-corrected chi connectivity index (χ3v) is 8.81. The number of rotatable bonds is 2. The summed E-state index contributed by atoms with van der Waals surface area (Å²) in [6.07, 6.45) is -1.31. The maximum atomic E-state index is 13.6. The summed E-state index contributed by atoms with van der Waals surface area (Å²) in [5.41, 5.74) is 2.36. The second kappa shape index (κ2) is 7.64. The van der Waals surface area contributed by atoms with Crippen molar-refractivity contribution in [2.45, 2.75) is 69.9 Å². The van der Waals surface area contributed by atoms with Gasteiger partial charge < -0.3 is 35.5 Å². The lowest BCUT2D eigenvalue weighted by Crippen LogP contribution is -2.66. The van der Waals surface area contributed by atoms with Crippen LogP contribution in [0.3, 0.4) is 0 Å². The number of carbonyl (C=O) groups excluding carboxylic acids is 3. The van der Waals surface area contributed by atoms with Crippen LogP contribution in [0, 0.1) is 17.8 Å². The van der Waals surface area contributed by atoms with Gasteiger partial charge in [0.2, 0.25) is 11.7 Å². The van der Waals surface area contributed by atoms with E-state index in [1.807, 2.05) is 27.7 Å². The van der Waals surface area contributed by atoms with E-state index < -0.39 is 71.0 Å². The van der Waals surface area contributed by atoms with Gasteiger partial charge in [-0.2, -0.15) is 0 Å². The number of benzene rings is 1. The Kier molecular flexibility index (Phi) is 5.30. The predicted molar refractivity (Wildman–Crippen MR) is 127 cm³/mol. The van der Waals surface area contributed by atoms with Crippen LogP contribution in [0.25, 0.3) is 5.76 Å². The summed E-state index contributed by atoms with van der Waals surface area (Å²) < 4.78 is 12.4. The molecule has 192 valence electrons. The summed E-state index contributed by atoms with van der Waals surface area (Å²) in [4.78, 5) is 38.5. The van der Waals surface area contributed by atoms with Crippen molar-refractivity contribution in [1.29, 1.82) is 0 Å². The summed E-state index contributed by atoms with van der Waals surface area (Å²) in [5, 5.41) is 43.6. The fraction of sp³-hybridized carbons (Fsp3) is 0.560. The minimum atomic E-state index is -2.60. The molecule has 1 aliphatic heterocycles. The molecule has 3 aliphatic carbocycles. The molecule has 1 saturated heterocycles. The molecule has 11 heteroatoms. The Morgan fingerprint density at radius 1 is 1.08 bits per heavy atom. The zero-order valence-corrected chi connectivity index (χ0v) is 20.6. The van der Waals surface area contributed by atoms with E-state index in [-0.39, 0.29) is 36.1 Å². The Balaban J connectivity index is 1.62. The van der Waals surface area contributed by atoms with Crippen LogP contribution in [-0.4, -0.2) is 67.9 Å². The van der Waals surface area contributed by atoms with Gasteiger partial charge in [-0.25, -0.2) is 0 Å². The molecule has 3 fully saturated rings. The number of phenolic OH excluding ortho intramolecular Hbond substituents is 1. The number of aliphatic hydroxyl groups is 3. The molecular formula is C25H30BNO9. The molecule has 0 bridgehead atoms. The Morgan fingerprint density at radius 3 is 2.28 bits per heavy atom. The van der Waals surface area contributed by atoms with Gasteiger partial charge >= 0.3 is 7.12 Å². The van der Waals surface area contributed by atoms with Gasteiger partial charge in [-0.05, 0) is 70.0 Å². The van der Waals surface area contributed by atoms with Crippen molar-refractivity contribution in [2.24, 2.45) is 23.5 Å². The van der Waals surface area contributed by atoms with E-state index in [0.29, 0.717) is 11.0 Å². The first kappa shape index (κ1) is 24.9. The number of nitrogens with two attached hydrogens (primary N) is 1. The average molecular weight is 499 g/mol. The van der Waals surface area contributed by atoms with Crippen LogP contribution in [0.2, 0.25) is 0 Å².